The Balaban J connectivity index is 2.31. The van der Waals surface area contributed by atoms with Gasteiger partial charge in [-0.15, -0.1) is 0 Å². The predicted molar refractivity (Wildman–Crippen MR) is 76.4 cm³/mol. The van der Waals surface area contributed by atoms with Crippen LogP contribution in [0.4, 0.5) is 10.6 Å². The van der Waals surface area contributed by atoms with Gasteiger partial charge in [-0.3, -0.25) is 0 Å². The van der Waals surface area contributed by atoms with E-state index in [0.717, 1.165) is 6.74 Å². The molecule has 0 saturated carbocycles. The van der Waals surface area contributed by atoms with E-state index in [-0.39, 0.29) is 50.2 Å². The molecule has 0 aliphatic rings. The molecule has 0 unspecified atom stereocenters. The minimum absolute atomic E-state index is 0.0839. The maximum absolute atomic E-state index is 11.7. The van der Waals surface area contributed by atoms with E-state index in [9.17, 15) is 4.79 Å². The molecule has 108 valence electrons. The Labute approximate surface area is 143 Å². The molecule has 1 heterocycles. The molecule has 0 radical (unpaired) electrons. The number of anilines is 1. The van der Waals surface area contributed by atoms with Crippen LogP contribution in [-0.4, -0.2) is 22.4 Å². The third-order valence-corrected chi connectivity index (χ3v) is 4.44. The average molecular weight is 390 g/mol. The van der Waals surface area contributed by atoms with Gasteiger partial charge in [0.2, 0.25) is 0 Å². The predicted octanol–water partition coefficient (Wildman–Crippen LogP) is 2.16. The molecule has 0 atom stereocenters. The molecule has 2 N–H and O–H groups in total. The van der Waals surface area contributed by atoms with Crippen LogP contribution in [0.3, 0.4) is 0 Å². The van der Waals surface area contributed by atoms with Crippen LogP contribution in [0.15, 0.2) is 36.4 Å². The van der Waals surface area contributed by atoms with E-state index < -0.39 is 0 Å². The fraction of sp³-hybridized carbons (Fsp3) is 0.286. The summed E-state index contributed by atoms with van der Waals surface area (Å²) in [7, 11) is 0. The summed E-state index contributed by atoms with van der Waals surface area (Å²) >= 11 is 0.0839. The van der Waals surface area contributed by atoms with E-state index in [1.54, 1.807) is 4.68 Å². The van der Waals surface area contributed by atoms with Gasteiger partial charge in [-0.1, -0.05) is 0 Å². The van der Waals surface area contributed by atoms with Crippen molar-refractivity contribution >= 4 is 12.0 Å². The minimum atomic E-state index is -0.205. The molecule has 0 fully saturated rings. The van der Waals surface area contributed by atoms with Gasteiger partial charge in [-0.2, -0.15) is 0 Å². The molecule has 0 aliphatic heterocycles. The second-order valence-corrected chi connectivity index (χ2v) is 7.12. The summed E-state index contributed by atoms with van der Waals surface area (Å²) in [6, 6.07) is 11.6. The number of nitrogens with zero attached hydrogens (tertiary/aromatic N) is 2. The quantitative estimate of drug-likeness (QED) is 0.823. The van der Waals surface area contributed by atoms with Crippen molar-refractivity contribution in [2.24, 2.45) is 0 Å². The Morgan fingerprint density at radius 3 is 2.70 bits per heavy atom. The number of aromatic nitrogens is 2. The van der Waals surface area contributed by atoms with Crippen LogP contribution >= 0.6 is 0 Å². The Morgan fingerprint density at radius 2 is 2.05 bits per heavy atom. The van der Waals surface area contributed by atoms with Crippen molar-refractivity contribution in [3.63, 3.8) is 0 Å². The molecule has 20 heavy (non-hydrogen) atoms. The number of carbonyl (C=O) groups excluding carboxylic acids is 1. The second-order valence-electron chi connectivity index (χ2n) is 3.95. The first-order valence-electron chi connectivity index (χ1n) is 6.51. The standard InChI is InChI=1S/C14H18N4OXe/c1-3-15-14(19)16-12-10-13(20-4-2)17-18(12)11-8-6-5-7-9-11/h5-10H,3-4H2,1-2H3,(H2,15,16,19). The zero-order valence-corrected chi connectivity index (χ0v) is 13.6. The Hall–Kier alpha value is -0.729. The van der Waals surface area contributed by atoms with Gasteiger partial charge in [0.05, 0.1) is 0 Å². The molecular formula is C14H18N4OXe. The van der Waals surface area contributed by atoms with Crippen molar-refractivity contribution in [3.05, 3.63) is 36.4 Å². The topological polar surface area (TPSA) is 59.0 Å². The molecule has 1 aromatic carbocycles. The summed E-state index contributed by atoms with van der Waals surface area (Å²) in [5.41, 5.74) is 0.946. The van der Waals surface area contributed by atoms with Gasteiger partial charge in [0.25, 0.3) is 0 Å². The zero-order valence-electron chi connectivity index (χ0n) is 11.5. The number of urea groups is 1. The molecular weight excluding hydrogens is 371 g/mol. The van der Waals surface area contributed by atoms with Crippen LogP contribution in [0.1, 0.15) is 13.8 Å². The normalized spacial score (nSPS) is 10.5. The summed E-state index contributed by atoms with van der Waals surface area (Å²) < 4.78 is 3.96. The van der Waals surface area contributed by atoms with Crippen LogP contribution in [0.5, 0.6) is 0 Å². The van der Waals surface area contributed by atoms with Crippen LogP contribution in [0.2, 0.25) is 0.889 Å². The fourth-order valence-electron chi connectivity index (χ4n) is 1.71. The van der Waals surface area contributed by atoms with Crippen LogP contribution in [-0.2, 0) is 0 Å². The Morgan fingerprint density at radius 1 is 1.30 bits per heavy atom. The van der Waals surface area contributed by atoms with Crippen molar-refractivity contribution in [1.82, 2.24) is 15.1 Å². The molecule has 2 aromatic rings. The summed E-state index contributed by atoms with van der Waals surface area (Å²) in [5.74, 6) is 0.708. The van der Waals surface area contributed by atoms with Crippen molar-refractivity contribution in [2.75, 3.05) is 11.9 Å². The Bertz CT molecular complexity index is 568. The number of rotatable bonds is 5. The van der Waals surface area contributed by atoms with Gasteiger partial charge in [-0.25, -0.2) is 0 Å². The van der Waals surface area contributed by atoms with Crippen molar-refractivity contribution in [1.29, 1.82) is 0 Å². The molecule has 0 saturated heterocycles. The first-order valence-corrected chi connectivity index (χ1v) is 8.94. The van der Waals surface area contributed by atoms with E-state index >= 15 is 0 Å². The van der Waals surface area contributed by atoms with Crippen molar-refractivity contribution < 1.29 is 49.0 Å². The van der Waals surface area contributed by atoms with Crippen molar-refractivity contribution in [2.45, 2.75) is 14.7 Å². The van der Waals surface area contributed by atoms with Gasteiger partial charge in [0, 0.05) is 0 Å². The maximum atomic E-state index is 11.7. The third kappa shape index (κ3) is 4.13. The van der Waals surface area contributed by atoms with Gasteiger partial charge in [0.1, 0.15) is 0 Å². The van der Waals surface area contributed by atoms with Gasteiger partial charge in [0.15, 0.2) is 0 Å². The number of para-hydroxylation sites is 1. The van der Waals surface area contributed by atoms with Gasteiger partial charge < -0.3 is 0 Å². The van der Waals surface area contributed by atoms with E-state index in [1.165, 1.54) is 0 Å². The second kappa shape index (κ2) is 7.90. The van der Waals surface area contributed by atoms with E-state index in [2.05, 4.69) is 22.7 Å². The van der Waals surface area contributed by atoms with Gasteiger partial charge in [-0.05, 0) is 0 Å². The summed E-state index contributed by atoms with van der Waals surface area (Å²) in [5, 5.41) is 10.2. The molecule has 1 aromatic heterocycles. The molecule has 0 aliphatic carbocycles. The number of hydrogen-bond donors (Lipinski definition) is 2. The summed E-state index contributed by atoms with van der Waals surface area (Å²) in [6.07, 6.45) is 0. The number of nitrogens with one attached hydrogen (secondary N) is 2. The molecule has 6 heteroatoms. The molecule has 5 nitrogen and oxygen atoms in total. The fourth-order valence-corrected chi connectivity index (χ4v) is 3.27. The van der Waals surface area contributed by atoms with Crippen molar-refractivity contribution in [3.8, 4) is 5.69 Å². The average Bonchev–Trinajstić information content (AvgIpc) is 2.83. The number of amides is 2. The summed E-state index contributed by atoms with van der Waals surface area (Å²) in [6.45, 7) is 4.64. The number of benzene rings is 1. The monoisotopic (exact) mass is 390 g/mol. The van der Waals surface area contributed by atoms with E-state index in [0.29, 0.717) is 12.4 Å². The van der Waals surface area contributed by atoms with Gasteiger partial charge >= 0.3 is 145 Å². The molecule has 2 amide bonds. The Kier molecular flexibility index (Phi) is 6.18. The first-order chi connectivity index (χ1) is 9.74. The zero-order chi connectivity index (χ0) is 14.4. The number of hydrogen-bond acceptors (Lipinski definition) is 2. The summed E-state index contributed by atoms with van der Waals surface area (Å²) in [4.78, 5) is 11.7. The van der Waals surface area contributed by atoms with Crippen LogP contribution in [0, 0.1) is 44.2 Å². The first kappa shape index (κ1) is 15.7. The third-order valence-electron chi connectivity index (χ3n) is 2.51. The SMILES string of the molecule is CCNC(=O)Nc1cc([Xe]CC)nn1-c1ccccc1. The van der Waals surface area contributed by atoms with Crippen LogP contribution < -0.4 is 10.8 Å². The van der Waals surface area contributed by atoms with Crippen LogP contribution in [0.25, 0.3) is 5.69 Å². The molecule has 2 rings (SSSR count). The number of carbonyl (C=O) groups is 1. The molecule has 0 spiro atoms. The molecule has 0 bridgehead atoms. The van der Waals surface area contributed by atoms with E-state index in [1.807, 2.05) is 43.3 Å². The van der Waals surface area contributed by atoms with E-state index in [4.69, 9.17) is 0 Å².